The van der Waals surface area contributed by atoms with E-state index in [1.807, 2.05) is 11.3 Å². The van der Waals surface area contributed by atoms with Gasteiger partial charge in [0.2, 0.25) is 0 Å². The summed E-state index contributed by atoms with van der Waals surface area (Å²) in [7, 11) is 0. The van der Waals surface area contributed by atoms with E-state index in [9.17, 15) is 0 Å². The monoisotopic (exact) mass is 883 g/mol. The van der Waals surface area contributed by atoms with E-state index < -0.39 is 0 Å². The van der Waals surface area contributed by atoms with E-state index in [4.69, 9.17) is 19.4 Å². The third kappa shape index (κ3) is 6.10. The molecule has 3 heterocycles. The Bertz CT molecular complexity index is 4320. The molecule has 0 saturated carbocycles. The third-order valence-electron chi connectivity index (χ3n) is 13.5. The molecule has 0 bridgehead atoms. The normalized spacial score (nSPS) is 11.8. The zero-order valence-corrected chi connectivity index (χ0v) is 37.3. The van der Waals surface area contributed by atoms with Gasteiger partial charge in [-0.3, -0.25) is 0 Å². The summed E-state index contributed by atoms with van der Waals surface area (Å²) in [5, 5.41) is 11.4. The fourth-order valence-corrected chi connectivity index (χ4v) is 11.7. The Labute approximate surface area is 395 Å². The first-order chi connectivity index (χ1) is 33.7. The highest BCUT2D eigenvalue weighted by Gasteiger charge is 2.23. The number of fused-ring (bicyclic) bond motifs is 11. The molecule has 0 aliphatic heterocycles. The van der Waals surface area contributed by atoms with E-state index in [-0.39, 0.29) is 0 Å². The van der Waals surface area contributed by atoms with Crippen LogP contribution in [0.3, 0.4) is 0 Å². The average molecular weight is 884 g/mol. The third-order valence-corrected chi connectivity index (χ3v) is 14.7. The van der Waals surface area contributed by atoms with Crippen molar-refractivity contribution >= 4 is 85.8 Å². The number of aromatic nitrogens is 3. The van der Waals surface area contributed by atoms with Crippen molar-refractivity contribution < 1.29 is 4.42 Å². The Hall–Kier alpha value is -8.77. The van der Waals surface area contributed by atoms with Crippen LogP contribution in [0.2, 0.25) is 0 Å². The minimum atomic E-state index is 0.550. The van der Waals surface area contributed by atoms with Gasteiger partial charge in [-0.15, -0.1) is 11.3 Å². The Kier molecular flexibility index (Phi) is 8.73. The molecule has 14 aromatic rings. The second kappa shape index (κ2) is 15.4. The molecule has 0 amide bonds. The summed E-state index contributed by atoms with van der Waals surface area (Å²) in [5.41, 5.74) is 11.3. The molecule has 68 heavy (non-hydrogen) atoms. The second-order valence-electron chi connectivity index (χ2n) is 17.4. The molecule has 0 saturated heterocycles. The number of hydrogen-bond donors (Lipinski definition) is 0. The number of thiophene rings is 1. The van der Waals surface area contributed by atoms with E-state index in [1.54, 1.807) is 0 Å². The molecule has 0 atom stereocenters. The number of nitrogens with zero attached hydrogens (tertiary/aromatic N) is 3. The van der Waals surface area contributed by atoms with Crippen molar-refractivity contribution in [3.63, 3.8) is 0 Å². The van der Waals surface area contributed by atoms with Crippen LogP contribution in [0, 0.1) is 0 Å². The standard InChI is InChI=1S/C63H37N3OS/c1-3-16-38(17-4-1)43-22-9-10-23-44(43)41-33-35-55-53(36-41)49-28-14-30-52(59(49)67-55)62-64-61(51-29-15-31-56-58(51)50-34-32-40-20-7-8-24-46(40)60(50)68-56)65-63(66-62)54-37-42-21-13-27-45(39-18-5-2-6-19-39)57(42)48-26-12-11-25-47(48)54/h1-37H. The van der Waals surface area contributed by atoms with Gasteiger partial charge in [0, 0.05) is 42.1 Å². The molecule has 0 radical (unpaired) electrons. The molecule has 0 aliphatic carbocycles. The summed E-state index contributed by atoms with van der Waals surface area (Å²) in [4.78, 5) is 16.4. The van der Waals surface area contributed by atoms with Gasteiger partial charge in [0.05, 0.1) is 5.56 Å². The molecule has 3 aromatic heterocycles. The van der Waals surface area contributed by atoms with E-state index in [2.05, 4.69) is 224 Å². The molecule has 4 nitrogen and oxygen atoms in total. The number of benzene rings is 11. The molecule has 0 fully saturated rings. The predicted octanol–water partition coefficient (Wildman–Crippen LogP) is 17.6. The Balaban J connectivity index is 1.02. The van der Waals surface area contributed by atoms with Gasteiger partial charge >= 0.3 is 0 Å². The van der Waals surface area contributed by atoms with E-state index >= 15 is 0 Å². The predicted molar refractivity (Wildman–Crippen MR) is 285 cm³/mol. The molecular weight excluding hydrogens is 847 g/mol. The molecule has 11 aromatic carbocycles. The highest BCUT2D eigenvalue weighted by molar-refractivity contribution is 7.26. The quantitative estimate of drug-likeness (QED) is 0.156. The zero-order chi connectivity index (χ0) is 44.7. The summed E-state index contributed by atoms with van der Waals surface area (Å²) < 4.78 is 9.32. The summed E-state index contributed by atoms with van der Waals surface area (Å²) in [6.07, 6.45) is 0. The summed E-state index contributed by atoms with van der Waals surface area (Å²) >= 11 is 1.82. The van der Waals surface area contributed by atoms with Crippen LogP contribution in [0.15, 0.2) is 229 Å². The van der Waals surface area contributed by atoms with Crippen molar-refractivity contribution in [2.75, 3.05) is 0 Å². The van der Waals surface area contributed by atoms with Gasteiger partial charge in [-0.05, 0) is 96.0 Å². The number of hydrogen-bond acceptors (Lipinski definition) is 5. The fraction of sp³-hybridized carbons (Fsp3) is 0. The average Bonchev–Trinajstić information content (AvgIpc) is 4.00. The molecular formula is C63H37N3OS. The summed E-state index contributed by atoms with van der Waals surface area (Å²) in [6, 6.07) is 79.7. The van der Waals surface area contributed by atoms with Crippen molar-refractivity contribution in [1.82, 2.24) is 15.0 Å². The highest BCUT2D eigenvalue weighted by Crippen LogP contribution is 2.45. The van der Waals surface area contributed by atoms with Gasteiger partial charge in [-0.1, -0.05) is 194 Å². The summed E-state index contributed by atoms with van der Waals surface area (Å²) in [6.45, 7) is 0. The maximum absolute atomic E-state index is 6.88. The second-order valence-corrected chi connectivity index (χ2v) is 18.4. The molecule has 0 aliphatic rings. The van der Waals surface area contributed by atoms with Crippen LogP contribution >= 0.6 is 11.3 Å². The van der Waals surface area contributed by atoms with Crippen molar-refractivity contribution in [2.24, 2.45) is 0 Å². The van der Waals surface area contributed by atoms with Gasteiger partial charge < -0.3 is 4.42 Å². The van der Waals surface area contributed by atoms with Crippen LogP contribution < -0.4 is 0 Å². The van der Waals surface area contributed by atoms with Crippen LogP contribution in [-0.4, -0.2) is 15.0 Å². The molecule has 0 spiro atoms. The zero-order valence-electron chi connectivity index (χ0n) is 36.5. The summed E-state index contributed by atoms with van der Waals surface area (Å²) in [5.74, 6) is 1.76. The Morgan fingerprint density at radius 2 is 0.882 bits per heavy atom. The fourth-order valence-electron chi connectivity index (χ4n) is 10.4. The minimum Gasteiger partial charge on any atom is -0.455 e. The molecule has 0 N–H and O–H groups in total. The van der Waals surface area contributed by atoms with Gasteiger partial charge in [0.15, 0.2) is 17.5 Å². The lowest BCUT2D eigenvalue weighted by Crippen LogP contribution is -2.01. The number of furan rings is 1. The molecule has 14 rings (SSSR count). The molecule has 316 valence electrons. The lowest BCUT2D eigenvalue weighted by molar-refractivity contribution is 0.669. The van der Waals surface area contributed by atoms with E-state index in [0.717, 1.165) is 65.7 Å². The molecule has 0 unspecified atom stereocenters. The van der Waals surface area contributed by atoms with Crippen molar-refractivity contribution in [3.8, 4) is 67.5 Å². The van der Waals surface area contributed by atoms with Crippen molar-refractivity contribution in [3.05, 3.63) is 224 Å². The Morgan fingerprint density at radius 3 is 1.69 bits per heavy atom. The Morgan fingerprint density at radius 1 is 0.309 bits per heavy atom. The lowest BCUT2D eigenvalue weighted by Gasteiger charge is -2.15. The van der Waals surface area contributed by atoms with E-state index in [0.29, 0.717) is 17.5 Å². The lowest BCUT2D eigenvalue weighted by atomic mass is 9.91. The first-order valence-corrected chi connectivity index (χ1v) is 23.7. The first kappa shape index (κ1) is 38.5. The number of para-hydroxylation sites is 1. The topological polar surface area (TPSA) is 51.8 Å². The number of rotatable bonds is 6. The smallest absolute Gasteiger partial charge is 0.167 e. The maximum Gasteiger partial charge on any atom is 0.167 e. The molecule has 5 heteroatoms. The van der Waals surface area contributed by atoms with Crippen molar-refractivity contribution in [2.45, 2.75) is 0 Å². The van der Waals surface area contributed by atoms with Crippen LogP contribution in [0.5, 0.6) is 0 Å². The largest absolute Gasteiger partial charge is 0.455 e. The minimum absolute atomic E-state index is 0.550. The highest BCUT2D eigenvalue weighted by atomic mass is 32.1. The first-order valence-electron chi connectivity index (χ1n) is 22.9. The van der Waals surface area contributed by atoms with Crippen LogP contribution in [0.4, 0.5) is 0 Å². The van der Waals surface area contributed by atoms with Gasteiger partial charge in [0.1, 0.15) is 11.2 Å². The maximum atomic E-state index is 6.88. The van der Waals surface area contributed by atoms with Gasteiger partial charge in [0.25, 0.3) is 0 Å². The van der Waals surface area contributed by atoms with E-state index in [1.165, 1.54) is 58.8 Å². The van der Waals surface area contributed by atoms with Crippen molar-refractivity contribution in [1.29, 1.82) is 0 Å². The van der Waals surface area contributed by atoms with Crippen LogP contribution in [-0.2, 0) is 0 Å². The van der Waals surface area contributed by atoms with Gasteiger partial charge in [-0.25, -0.2) is 15.0 Å². The van der Waals surface area contributed by atoms with Crippen LogP contribution in [0.1, 0.15) is 0 Å². The SMILES string of the molecule is c1ccc(-c2ccccc2-c2ccc3oc4c(-c5nc(-c6cc7cccc(-c8ccccc8)c7c7ccccc67)nc(-c6cccc7sc8c9ccccc9ccc8c67)n5)cccc4c3c2)cc1. The van der Waals surface area contributed by atoms with Crippen LogP contribution in [0.25, 0.3) is 142 Å². The van der Waals surface area contributed by atoms with Gasteiger partial charge in [-0.2, -0.15) is 0 Å².